The molecular weight excluding hydrogens is 168 g/mol. The minimum absolute atomic E-state index is 0.256. The number of anilines is 1. The van der Waals surface area contributed by atoms with Gasteiger partial charge in [-0.05, 0) is 12.5 Å². The third-order valence-electron chi connectivity index (χ3n) is 1.58. The summed E-state index contributed by atoms with van der Waals surface area (Å²) in [6.07, 6.45) is 3.71. The maximum atomic E-state index is 11.2. The third kappa shape index (κ3) is 2.79. The first-order chi connectivity index (χ1) is 6.24. The van der Waals surface area contributed by atoms with Crippen molar-refractivity contribution in [1.82, 2.24) is 9.97 Å². The number of aromatic nitrogens is 2. The minimum Gasteiger partial charge on any atom is -0.320 e. The topological polar surface area (TPSA) is 80.9 Å². The maximum absolute atomic E-state index is 11.2. The van der Waals surface area contributed by atoms with Gasteiger partial charge in [-0.1, -0.05) is 6.92 Å². The Morgan fingerprint density at radius 2 is 2.23 bits per heavy atom. The highest BCUT2D eigenvalue weighted by Crippen LogP contribution is 1.96. The molecule has 70 valence electrons. The molecule has 0 aromatic carbocycles. The monoisotopic (exact) mass is 180 g/mol. The van der Waals surface area contributed by atoms with E-state index in [0.717, 1.165) is 0 Å². The molecule has 0 bridgehead atoms. The van der Waals surface area contributed by atoms with Crippen LogP contribution in [0, 0.1) is 0 Å². The molecule has 5 nitrogen and oxygen atoms in total. The van der Waals surface area contributed by atoms with E-state index in [1.807, 2.05) is 6.92 Å². The van der Waals surface area contributed by atoms with Crippen molar-refractivity contribution < 1.29 is 4.79 Å². The van der Waals surface area contributed by atoms with Gasteiger partial charge < -0.3 is 5.73 Å². The van der Waals surface area contributed by atoms with E-state index < -0.39 is 6.04 Å². The number of carbonyl (C=O) groups excluding carboxylic acids is 1. The molecule has 0 aliphatic rings. The summed E-state index contributed by atoms with van der Waals surface area (Å²) >= 11 is 0. The first-order valence-corrected chi connectivity index (χ1v) is 4.07. The lowest BCUT2D eigenvalue weighted by Crippen LogP contribution is -2.35. The number of nitrogens with zero attached hydrogens (tertiary/aromatic N) is 2. The first kappa shape index (κ1) is 9.60. The van der Waals surface area contributed by atoms with Crippen LogP contribution in [0.25, 0.3) is 0 Å². The zero-order chi connectivity index (χ0) is 9.68. The minimum atomic E-state index is -0.496. The predicted octanol–water partition coefficient (Wildman–Crippen LogP) is 0.152. The van der Waals surface area contributed by atoms with Crippen molar-refractivity contribution in [3.05, 3.63) is 18.5 Å². The Morgan fingerprint density at radius 3 is 2.77 bits per heavy atom. The molecule has 0 aliphatic carbocycles. The lowest BCUT2D eigenvalue weighted by molar-refractivity contribution is -0.117. The zero-order valence-corrected chi connectivity index (χ0v) is 7.40. The van der Waals surface area contributed by atoms with Crippen LogP contribution < -0.4 is 11.1 Å². The zero-order valence-electron chi connectivity index (χ0n) is 7.40. The summed E-state index contributed by atoms with van der Waals surface area (Å²) in [6.45, 7) is 1.84. The van der Waals surface area contributed by atoms with Crippen LogP contribution in [0.3, 0.4) is 0 Å². The molecule has 0 aliphatic heterocycles. The quantitative estimate of drug-likeness (QED) is 0.694. The first-order valence-electron chi connectivity index (χ1n) is 4.07. The SMILES string of the molecule is CC[C@@H](N)C(=O)Nc1ncccn1. The molecule has 13 heavy (non-hydrogen) atoms. The summed E-state index contributed by atoms with van der Waals surface area (Å²) < 4.78 is 0. The van der Waals surface area contributed by atoms with Gasteiger partial charge in [-0.15, -0.1) is 0 Å². The van der Waals surface area contributed by atoms with Crippen molar-refractivity contribution in [1.29, 1.82) is 0 Å². The number of rotatable bonds is 3. The number of carbonyl (C=O) groups is 1. The number of hydrogen-bond donors (Lipinski definition) is 2. The molecule has 0 saturated carbocycles. The van der Waals surface area contributed by atoms with E-state index in [1.165, 1.54) is 0 Å². The van der Waals surface area contributed by atoms with Crippen LogP contribution in [-0.4, -0.2) is 21.9 Å². The largest absolute Gasteiger partial charge is 0.320 e. The second-order valence-electron chi connectivity index (χ2n) is 2.58. The Bertz CT molecular complexity index is 275. The Morgan fingerprint density at radius 1 is 1.62 bits per heavy atom. The van der Waals surface area contributed by atoms with E-state index >= 15 is 0 Å². The highest BCUT2D eigenvalue weighted by molar-refractivity contribution is 5.93. The summed E-state index contributed by atoms with van der Waals surface area (Å²) in [4.78, 5) is 18.9. The fourth-order valence-electron chi connectivity index (χ4n) is 0.752. The molecule has 1 atom stereocenters. The molecule has 0 spiro atoms. The second-order valence-corrected chi connectivity index (χ2v) is 2.58. The number of hydrogen-bond acceptors (Lipinski definition) is 4. The van der Waals surface area contributed by atoms with E-state index in [1.54, 1.807) is 18.5 Å². The molecular formula is C8H12N4O. The molecule has 1 aromatic heterocycles. The Kier molecular flexibility index (Phi) is 3.33. The Balaban J connectivity index is 2.55. The van der Waals surface area contributed by atoms with Gasteiger partial charge >= 0.3 is 0 Å². The van der Waals surface area contributed by atoms with Crippen LogP contribution in [0.15, 0.2) is 18.5 Å². The number of nitrogens with one attached hydrogen (secondary N) is 1. The van der Waals surface area contributed by atoms with Gasteiger partial charge in [0.2, 0.25) is 11.9 Å². The third-order valence-corrected chi connectivity index (χ3v) is 1.58. The smallest absolute Gasteiger partial charge is 0.243 e. The van der Waals surface area contributed by atoms with E-state index in [0.29, 0.717) is 6.42 Å². The molecule has 1 heterocycles. The van der Waals surface area contributed by atoms with Gasteiger partial charge in [0.1, 0.15) is 0 Å². The molecule has 1 rings (SSSR count). The molecule has 0 unspecified atom stereocenters. The van der Waals surface area contributed by atoms with Crippen LogP contribution >= 0.6 is 0 Å². The van der Waals surface area contributed by atoms with E-state index in [4.69, 9.17) is 5.73 Å². The lowest BCUT2D eigenvalue weighted by atomic mass is 10.2. The van der Waals surface area contributed by atoms with Crippen LogP contribution in [-0.2, 0) is 4.79 Å². The van der Waals surface area contributed by atoms with Crippen LogP contribution in [0.4, 0.5) is 5.95 Å². The summed E-state index contributed by atoms with van der Waals surface area (Å²) in [7, 11) is 0. The van der Waals surface area contributed by atoms with Crippen LogP contribution in [0.1, 0.15) is 13.3 Å². The van der Waals surface area contributed by atoms with Gasteiger partial charge in [-0.25, -0.2) is 9.97 Å². The molecule has 3 N–H and O–H groups in total. The molecule has 0 radical (unpaired) electrons. The van der Waals surface area contributed by atoms with E-state index in [-0.39, 0.29) is 11.9 Å². The van der Waals surface area contributed by atoms with Crippen molar-refractivity contribution in [3.63, 3.8) is 0 Å². The Hall–Kier alpha value is -1.49. The number of amides is 1. The highest BCUT2D eigenvalue weighted by atomic mass is 16.2. The van der Waals surface area contributed by atoms with Gasteiger partial charge in [0.15, 0.2) is 0 Å². The second kappa shape index (κ2) is 4.51. The van der Waals surface area contributed by atoms with Gasteiger partial charge in [-0.3, -0.25) is 10.1 Å². The fraction of sp³-hybridized carbons (Fsp3) is 0.375. The van der Waals surface area contributed by atoms with Gasteiger partial charge in [0.05, 0.1) is 6.04 Å². The predicted molar refractivity (Wildman–Crippen MR) is 48.9 cm³/mol. The normalized spacial score (nSPS) is 12.2. The molecule has 0 saturated heterocycles. The molecule has 5 heteroatoms. The van der Waals surface area contributed by atoms with Gasteiger partial charge in [-0.2, -0.15) is 0 Å². The van der Waals surface area contributed by atoms with Crippen LogP contribution in [0.2, 0.25) is 0 Å². The molecule has 1 amide bonds. The van der Waals surface area contributed by atoms with E-state index in [9.17, 15) is 4.79 Å². The van der Waals surface area contributed by atoms with Crippen LogP contribution in [0.5, 0.6) is 0 Å². The van der Waals surface area contributed by atoms with Crippen molar-refractivity contribution >= 4 is 11.9 Å². The standard InChI is InChI=1S/C8H12N4O/c1-2-6(9)7(13)12-8-10-4-3-5-11-8/h3-6H,2,9H2,1H3,(H,10,11,12,13)/t6-/m1/s1. The lowest BCUT2D eigenvalue weighted by Gasteiger charge is -2.07. The molecule has 1 aromatic rings. The summed E-state index contributed by atoms with van der Waals surface area (Å²) in [5.74, 6) is 0.0325. The average molecular weight is 180 g/mol. The summed E-state index contributed by atoms with van der Waals surface area (Å²) in [6, 6.07) is 1.18. The average Bonchev–Trinajstić information content (AvgIpc) is 2.18. The number of nitrogens with two attached hydrogens (primary N) is 1. The summed E-state index contributed by atoms with van der Waals surface area (Å²) in [5, 5.41) is 2.51. The summed E-state index contributed by atoms with van der Waals surface area (Å²) in [5.41, 5.74) is 5.50. The van der Waals surface area contributed by atoms with Gasteiger partial charge in [0, 0.05) is 12.4 Å². The van der Waals surface area contributed by atoms with Crippen molar-refractivity contribution in [2.45, 2.75) is 19.4 Å². The highest BCUT2D eigenvalue weighted by Gasteiger charge is 2.11. The van der Waals surface area contributed by atoms with Gasteiger partial charge in [0.25, 0.3) is 0 Å². The Labute approximate surface area is 76.4 Å². The van der Waals surface area contributed by atoms with Crippen molar-refractivity contribution in [3.8, 4) is 0 Å². The van der Waals surface area contributed by atoms with E-state index in [2.05, 4.69) is 15.3 Å². The van der Waals surface area contributed by atoms with Crippen molar-refractivity contribution in [2.24, 2.45) is 5.73 Å². The maximum Gasteiger partial charge on any atom is 0.243 e. The van der Waals surface area contributed by atoms with Crippen molar-refractivity contribution in [2.75, 3.05) is 5.32 Å². The molecule has 0 fully saturated rings. The fourth-order valence-corrected chi connectivity index (χ4v) is 0.752.